The van der Waals surface area contributed by atoms with E-state index in [1.807, 2.05) is 11.8 Å². The number of nitrogens with one attached hydrogen (secondary N) is 1. The minimum absolute atomic E-state index is 0.538. The zero-order chi connectivity index (χ0) is 12.8. The summed E-state index contributed by atoms with van der Waals surface area (Å²) in [7, 11) is 0. The molecule has 1 saturated carbocycles. The molecule has 100 valence electrons. The maximum atomic E-state index is 3.80. The zero-order valence-corrected chi connectivity index (χ0v) is 12.4. The summed E-state index contributed by atoms with van der Waals surface area (Å²) in [6.07, 6.45) is 8.85. The molecule has 1 aromatic carbocycles. The molecule has 0 spiro atoms. The third kappa shape index (κ3) is 3.76. The normalized spacial score (nSPS) is 18.6. The van der Waals surface area contributed by atoms with Gasteiger partial charge in [-0.2, -0.15) is 11.8 Å². The Morgan fingerprint density at radius 2 is 2.00 bits per heavy atom. The molecular formula is C16H25NS. The Hall–Kier alpha value is -0.470. The molecule has 1 nitrogen and oxygen atoms in total. The quantitative estimate of drug-likeness (QED) is 0.746. The molecule has 2 heteroatoms. The average Bonchev–Trinajstić information content (AvgIpc) is 3.20. The van der Waals surface area contributed by atoms with Crippen molar-refractivity contribution >= 4 is 11.8 Å². The van der Waals surface area contributed by atoms with Crippen molar-refractivity contribution in [1.82, 2.24) is 5.32 Å². The first-order chi connectivity index (χ1) is 8.79. The van der Waals surface area contributed by atoms with E-state index in [0.29, 0.717) is 10.8 Å². The Morgan fingerprint density at radius 3 is 2.56 bits per heavy atom. The molecule has 2 rings (SSSR count). The molecule has 1 fully saturated rings. The monoisotopic (exact) mass is 263 g/mol. The fourth-order valence-corrected chi connectivity index (χ4v) is 3.12. The van der Waals surface area contributed by atoms with Crippen molar-refractivity contribution in [3.05, 3.63) is 35.9 Å². The largest absolute Gasteiger partial charge is 0.309 e. The van der Waals surface area contributed by atoms with E-state index < -0.39 is 0 Å². The lowest BCUT2D eigenvalue weighted by atomic mass is 10.0. The van der Waals surface area contributed by atoms with Gasteiger partial charge in [0.1, 0.15) is 0 Å². The lowest BCUT2D eigenvalue weighted by Crippen LogP contribution is -2.30. The number of hydrogen-bond acceptors (Lipinski definition) is 2. The van der Waals surface area contributed by atoms with Crippen LogP contribution in [0.3, 0.4) is 0 Å². The van der Waals surface area contributed by atoms with Crippen molar-refractivity contribution in [3.8, 4) is 0 Å². The van der Waals surface area contributed by atoms with Gasteiger partial charge < -0.3 is 5.32 Å². The van der Waals surface area contributed by atoms with Gasteiger partial charge in [-0.05, 0) is 31.1 Å². The van der Waals surface area contributed by atoms with Crippen LogP contribution >= 0.6 is 11.8 Å². The van der Waals surface area contributed by atoms with Crippen LogP contribution in [0.2, 0.25) is 0 Å². The van der Waals surface area contributed by atoms with E-state index in [1.165, 1.54) is 37.7 Å². The van der Waals surface area contributed by atoms with Gasteiger partial charge in [-0.1, -0.05) is 50.1 Å². The number of hydrogen-bond donors (Lipinski definition) is 1. The van der Waals surface area contributed by atoms with Crippen molar-refractivity contribution in [3.63, 3.8) is 0 Å². The standard InChI is InChI=1S/C16H25NS/c1-3-4-10-15(14-8-6-5-7-9-14)17-13-16(18-2)11-12-16/h5-9,15,17H,3-4,10-13H2,1-2H3. The Kier molecular flexibility index (Phi) is 5.13. The van der Waals surface area contributed by atoms with Gasteiger partial charge >= 0.3 is 0 Å². The molecule has 1 aliphatic rings. The van der Waals surface area contributed by atoms with Gasteiger partial charge in [0.2, 0.25) is 0 Å². The van der Waals surface area contributed by atoms with Gasteiger partial charge in [-0.25, -0.2) is 0 Å². The molecule has 1 aliphatic carbocycles. The molecule has 0 saturated heterocycles. The first kappa shape index (κ1) is 14.0. The highest BCUT2D eigenvalue weighted by atomic mass is 32.2. The van der Waals surface area contributed by atoms with Gasteiger partial charge in [-0.3, -0.25) is 0 Å². The molecule has 1 unspecified atom stereocenters. The smallest absolute Gasteiger partial charge is 0.0320 e. The van der Waals surface area contributed by atoms with Crippen molar-refractivity contribution in [2.24, 2.45) is 0 Å². The van der Waals surface area contributed by atoms with E-state index in [9.17, 15) is 0 Å². The van der Waals surface area contributed by atoms with Crippen LogP contribution < -0.4 is 5.32 Å². The van der Waals surface area contributed by atoms with E-state index >= 15 is 0 Å². The van der Waals surface area contributed by atoms with Crippen LogP contribution in [0.4, 0.5) is 0 Å². The second kappa shape index (κ2) is 6.63. The van der Waals surface area contributed by atoms with Crippen molar-refractivity contribution in [1.29, 1.82) is 0 Å². The number of unbranched alkanes of at least 4 members (excludes halogenated alkanes) is 1. The van der Waals surface area contributed by atoms with Crippen LogP contribution in [0.5, 0.6) is 0 Å². The fraction of sp³-hybridized carbons (Fsp3) is 0.625. The highest BCUT2D eigenvalue weighted by Crippen LogP contribution is 2.46. The average molecular weight is 263 g/mol. The molecule has 0 aliphatic heterocycles. The first-order valence-electron chi connectivity index (χ1n) is 7.13. The number of rotatable bonds is 8. The number of thioether (sulfide) groups is 1. The third-order valence-electron chi connectivity index (χ3n) is 3.96. The van der Waals surface area contributed by atoms with Crippen LogP contribution in [-0.4, -0.2) is 17.5 Å². The molecule has 1 atom stereocenters. The van der Waals surface area contributed by atoms with Crippen LogP contribution in [0.1, 0.15) is 50.6 Å². The molecule has 1 N–H and O–H groups in total. The predicted molar refractivity (Wildman–Crippen MR) is 82.2 cm³/mol. The summed E-state index contributed by atoms with van der Waals surface area (Å²) in [5.41, 5.74) is 1.45. The van der Waals surface area contributed by atoms with Gasteiger partial charge in [0, 0.05) is 17.3 Å². The van der Waals surface area contributed by atoms with Crippen molar-refractivity contribution in [2.45, 2.75) is 49.8 Å². The van der Waals surface area contributed by atoms with Gasteiger partial charge in [0.05, 0.1) is 0 Å². The predicted octanol–water partition coefficient (Wildman–Crippen LogP) is 4.40. The minimum atomic E-state index is 0.538. The van der Waals surface area contributed by atoms with Gasteiger partial charge in [0.15, 0.2) is 0 Å². The second-order valence-corrected chi connectivity index (χ2v) is 6.65. The van der Waals surface area contributed by atoms with E-state index in [-0.39, 0.29) is 0 Å². The molecule has 0 aromatic heterocycles. The molecule has 18 heavy (non-hydrogen) atoms. The highest BCUT2D eigenvalue weighted by Gasteiger charge is 2.41. The Balaban J connectivity index is 1.92. The summed E-state index contributed by atoms with van der Waals surface area (Å²) in [6.45, 7) is 3.43. The van der Waals surface area contributed by atoms with Crippen LogP contribution in [-0.2, 0) is 0 Å². The van der Waals surface area contributed by atoms with E-state index in [1.54, 1.807) is 0 Å². The van der Waals surface area contributed by atoms with Crippen LogP contribution in [0, 0.1) is 0 Å². The lowest BCUT2D eigenvalue weighted by Gasteiger charge is -2.22. The Bertz CT molecular complexity index is 345. The fourth-order valence-electron chi connectivity index (χ4n) is 2.38. The van der Waals surface area contributed by atoms with Crippen LogP contribution in [0.15, 0.2) is 30.3 Å². The molecular weight excluding hydrogens is 238 g/mol. The second-order valence-electron chi connectivity index (χ2n) is 5.37. The first-order valence-corrected chi connectivity index (χ1v) is 8.35. The lowest BCUT2D eigenvalue weighted by molar-refractivity contribution is 0.478. The number of benzene rings is 1. The Morgan fingerprint density at radius 1 is 1.28 bits per heavy atom. The minimum Gasteiger partial charge on any atom is -0.309 e. The summed E-state index contributed by atoms with van der Waals surface area (Å²) in [4.78, 5) is 0. The van der Waals surface area contributed by atoms with Crippen molar-refractivity contribution < 1.29 is 0 Å². The molecule has 0 amide bonds. The maximum absolute atomic E-state index is 3.80. The van der Waals surface area contributed by atoms with Crippen LogP contribution in [0.25, 0.3) is 0 Å². The zero-order valence-electron chi connectivity index (χ0n) is 11.6. The highest BCUT2D eigenvalue weighted by molar-refractivity contribution is 8.00. The Labute approximate surface area is 116 Å². The molecule has 1 aromatic rings. The molecule has 0 heterocycles. The maximum Gasteiger partial charge on any atom is 0.0320 e. The van der Waals surface area contributed by atoms with Gasteiger partial charge in [0.25, 0.3) is 0 Å². The third-order valence-corrected chi connectivity index (χ3v) is 5.38. The topological polar surface area (TPSA) is 12.0 Å². The van der Waals surface area contributed by atoms with E-state index in [4.69, 9.17) is 0 Å². The summed E-state index contributed by atoms with van der Waals surface area (Å²) in [6, 6.07) is 11.5. The SMILES string of the molecule is CCCCC(NCC1(SC)CC1)c1ccccc1. The van der Waals surface area contributed by atoms with E-state index in [2.05, 4.69) is 48.8 Å². The molecule has 0 bridgehead atoms. The summed E-state index contributed by atoms with van der Waals surface area (Å²) < 4.78 is 0.555. The van der Waals surface area contributed by atoms with Crippen molar-refractivity contribution in [2.75, 3.05) is 12.8 Å². The van der Waals surface area contributed by atoms with E-state index in [0.717, 1.165) is 6.54 Å². The summed E-state index contributed by atoms with van der Waals surface area (Å²) in [5, 5.41) is 3.80. The summed E-state index contributed by atoms with van der Waals surface area (Å²) >= 11 is 2.04. The summed E-state index contributed by atoms with van der Waals surface area (Å²) in [5.74, 6) is 0. The molecule has 0 radical (unpaired) electrons. The van der Waals surface area contributed by atoms with Gasteiger partial charge in [-0.15, -0.1) is 0 Å².